The first-order valence-electron chi connectivity index (χ1n) is 4.52. The molecule has 0 spiro atoms. The molecule has 1 N–H and O–H groups in total. The molecule has 1 aromatic heterocycles. The van der Waals surface area contributed by atoms with Gasteiger partial charge in [-0.05, 0) is 13.8 Å². The lowest BCUT2D eigenvalue weighted by Gasteiger charge is -2.15. The van der Waals surface area contributed by atoms with E-state index < -0.39 is 24.0 Å². The minimum absolute atomic E-state index is 0.0156. The van der Waals surface area contributed by atoms with Gasteiger partial charge in [0.05, 0.1) is 12.1 Å². The van der Waals surface area contributed by atoms with Crippen molar-refractivity contribution in [3.63, 3.8) is 0 Å². The minimum Gasteiger partial charge on any atom is -0.503 e. The fraction of sp³-hybridized carbons (Fsp3) is 0.500. The van der Waals surface area contributed by atoms with Gasteiger partial charge in [0.15, 0.2) is 5.75 Å². The summed E-state index contributed by atoms with van der Waals surface area (Å²) in [6.45, 7) is 3.22. The maximum absolute atomic E-state index is 12.2. The molecule has 15 heavy (non-hydrogen) atoms. The van der Waals surface area contributed by atoms with Crippen molar-refractivity contribution in [3.8, 4) is 5.75 Å². The summed E-state index contributed by atoms with van der Waals surface area (Å²) in [6.07, 6.45) is -3.19. The van der Waals surface area contributed by atoms with Crippen molar-refractivity contribution in [3.05, 3.63) is 27.2 Å². The molecule has 1 aromatic rings. The van der Waals surface area contributed by atoms with Crippen molar-refractivity contribution in [1.29, 1.82) is 0 Å². The SMILES string of the molecule is Cc1c(C)n(C)c(CC(F)F)c(O)c1=O. The van der Waals surface area contributed by atoms with Crippen molar-refractivity contribution in [1.82, 2.24) is 4.57 Å². The second kappa shape index (κ2) is 4.00. The molecular formula is C10H13F2NO2. The molecule has 0 aliphatic heterocycles. The second-order valence-electron chi connectivity index (χ2n) is 3.49. The summed E-state index contributed by atoms with van der Waals surface area (Å²) in [7, 11) is 1.55. The van der Waals surface area contributed by atoms with Gasteiger partial charge in [0.25, 0.3) is 0 Å². The monoisotopic (exact) mass is 217 g/mol. The fourth-order valence-electron chi connectivity index (χ4n) is 1.47. The molecule has 0 saturated heterocycles. The van der Waals surface area contributed by atoms with Crippen LogP contribution < -0.4 is 5.43 Å². The van der Waals surface area contributed by atoms with E-state index in [1.165, 1.54) is 4.57 Å². The largest absolute Gasteiger partial charge is 0.503 e. The first kappa shape index (κ1) is 11.7. The lowest BCUT2D eigenvalue weighted by Crippen LogP contribution is -2.19. The topological polar surface area (TPSA) is 42.2 Å². The van der Waals surface area contributed by atoms with Crippen LogP contribution in [0.15, 0.2) is 4.79 Å². The van der Waals surface area contributed by atoms with Gasteiger partial charge in [0, 0.05) is 18.3 Å². The first-order valence-corrected chi connectivity index (χ1v) is 4.52. The number of hydrogen-bond donors (Lipinski definition) is 1. The van der Waals surface area contributed by atoms with Crippen LogP contribution in [0.25, 0.3) is 0 Å². The van der Waals surface area contributed by atoms with Gasteiger partial charge in [-0.2, -0.15) is 0 Å². The Labute approximate surface area is 86.0 Å². The molecule has 0 aromatic carbocycles. The van der Waals surface area contributed by atoms with Gasteiger partial charge >= 0.3 is 0 Å². The highest BCUT2D eigenvalue weighted by Gasteiger charge is 2.17. The fourth-order valence-corrected chi connectivity index (χ4v) is 1.47. The summed E-state index contributed by atoms with van der Waals surface area (Å²) in [4.78, 5) is 11.4. The van der Waals surface area contributed by atoms with Gasteiger partial charge in [-0.15, -0.1) is 0 Å². The van der Waals surface area contributed by atoms with E-state index in [1.807, 2.05) is 0 Å². The summed E-state index contributed by atoms with van der Waals surface area (Å²) in [5, 5.41) is 9.47. The molecule has 0 radical (unpaired) electrons. The zero-order chi connectivity index (χ0) is 11.7. The number of hydrogen-bond acceptors (Lipinski definition) is 2. The average Bonchev–Trinajstić information content (AvgIpc) is 2.18. The van der Waals surface area contributed by atoms with E-state index in [0.717, 1.165) is 0 Å². The molecule has 3 nitrogen and oxygen atoms in total. The van der Waals surface area contributed by atoms with E-state index in [9.17, 15) is 18.7 Å². The molecule has 84 valence electrons. The van der Waals surface area contributed by atoms with Gasteiger partial charge in [-0.1, -0.05) is 0 Å². The number of halogens is 2. The predicted molar refractivity (Wildman–Crippen MR) is 52.5 cm³/mol. The molecule has 1 rings (SSSR count). The van der Waals surface area contributed by atoms with Crippen LogP contribution in [0, 0.1) is 13.8 Å². The maximum atomic E-state index is 12.2. The Morgan fingerprint density at radius 1 is 1.40 bits per heavy atom. The number of aromatic nitrogens is 1. The Kier molecular flexibility index (Phi) is 3.12. The molecule has 5 heteroatoms. The standard InChI is InChI=1S/C10H13F2NO2/c1-5-6(2)13(3)7(4-8(11)12)10(15)9(5)14/h8,15H,4H2,1-3H3. The molecule has 0 aliphatic rings. The highest BCUT2D eigenvalue weighted by Crippen LogP contribution is 2.18. The van der Waals surface area contributed by atoms with E-state index in [1.54, 1.807) is 20.9 Å². The minimum atomic E-state index is -2.58. The molecule has 1 heterocycles. The van der Waals surface area contributed by atoms with E-state index in [4.69, 9.17) is 0 Å². The Balaban J connectivity index is 3.46. The van der Waals surface area contributed by atoms with Crippen LogP contribution in [0.1, 0.15) is 17.0 Å². The van der Waals surface area contributed by atoms with E-state index in [2.05, 4.69) is 0 Å². The quantitative estimate of drug-likeness (QED) is 0.816. The second-order valence-corrected chi connectivity index (χ2v) is 3.49. The third-order valence-corrected chi connectivity index (χ3v) is 2.63. The van der Waals surface area contributed by atoms with Crippen LogP contribution in [0.2, 0.25) is 0 Å². The van der Waals surface area contributed by atoms with Gasteiger partial charge in [0.1, 0.15) is 0 Å². The average molecular weight is 217 g/mol. The summed E-state index contributed by atoms with van der Waals surface area (Å²) in [6, 6.07) is 0. The summed E-state index contributed by atoms with van der Waals surface area (Å²) in [5.41, 5.74) is 0.390. The molecule has 0 amide bonds. The van der Waals surface area contributed by atoms with Crippen molar-refractivity contribution < 1.29 is 13.9 Å². The van der Waals surface area contributed by atoms with Gasteiger partial charge in [0.2, 0.25) is 11.9 Å². The van der Waals surface area contributed by atoms with Crippen LogP contribution in [0.3, 0.4) is 0 Å². The van der Waals surface area contributed by atoms with Crippen molar-refractivity contribution in [2.45, 2.75) is 26.7 Å². The Hall–Kier alpha value is -1.39. The summed E-state index contributed by atoms with van der Waals surface area (Å²) >= 11 is 0. The maximum Gasteiger partial charge on any atom is 0.244 e. The number of rotatable bonds is 2. The third kappa shape index (κ3) is 2.00. The van der Waals surface area contributed by atoms with Crippen molar-refractivity contribution in [2.24, 2.45) is 7.05 Å². The number of alkyl halides is 2. The van der Waals surface area contributed by atoms with Gasteiger partial charge in [-0.3, -0.25) is 4.79 Å². The Bertz CT molecular complexity index is 438. The molecule has 0 fully saturated rings. The molecular weight excluding hydrogens is 204 g/mol. The Morgan fingerprint density at radius 3 is 2.40 bits per heavy atom. The smallest absolute Gasteiger partial charge is 0.244 e. The molecule has 0 aliphatic carbocycles. The summed E-state index contributed by atoms with van der Waals surface area (Å²) < 4.78 is 25.9. The van der Waals surface area contributed by atoms with E-state index >= 15 is 0 Å². The molecule has 0 bridgehead atoms. The first-order chi connectivity index (χ1) is 6.86. The highest BCUT2D eigenvalue weighted by atomic mass is 19.3. The van der Waals surface area contributed by atoms with Gasteiger partial charge in [-0.25, -0.2) is 8.78 Å². The van der Waals surface area contributed by atoms with Crippen molar-refractivity contribution in [2.75, 3.05) is 0 Å². The highest BCUT2D eigenvalue weighted by molar-refractivity contribution is 5.35. The van der Waals surface area contributed by atoms with Crippen LogP contribution in [0.5, 0.6) is 5.75 Å². The van der Waals surface area contributed by atoms with Gasteiger partial charge < -0.3 is 9.67 Å². The lowest BCUT2D eigenvalue weighted by molar-refractivity contribution is 0.145. The third-order valence-electron chi connectivity index (χ3n) is 2.63. The molecule has 0 saturated carbocycles. The number of nitrogens with zero attached hydrogens (tertiary/aromatic N) is 1. The zero-order valence-corrected chi connectivity index (χ0v) is 8.84. The van der Waals surface area contributed by atoms with Crippen LogP contribution in [-0.2, 0) is 13.5 Å². The Morgan fingerprint density at radius 2 is 1.93 bits per heavy atom. The number of aromatic hydroxyl groups is 1. The summed E-state index contributed by atoms with van der Waals surface area (Å²) in [5.74, 6) is -0.569. The van der Waals surface area contributed by atoms with E-state index in [0.29, 0.717) is 11.3 Å². The normalized spacial score (nSPS) is 11.1. The van der Waals surface area contributed by atoms with Crippen LogP contribution in [0.4, 0.5) is 8.78 Å². The van der Waals surface area contributed by atoms with Crippen molar-refractivity contribution >= 4 is 0 Å². The predicted octanol–water partition coefficient (Wildman–Crippen LogP) is 1.52. The van der Waals surface area contributed by atoms with Crippen LogP contribution in [-0.4, -0.2) is 16.1 Å². The lowest BCUT2D eigenvalue weighted by atomic mass is 10.1. The van der Waals surface area contributed by atoms with Crippen LogP contribution >= 0.6 is 0 Å². The van der Waals surface area contributed by atoms with E-state index in [-0.39, 0.29) is 5.69 Å². The molecule has 0 atom stereocenters. The molecule has 0 unspecified atom stereocenters. The number of pyridine rings is 1. The zero-order valence-electron chi connectivity index (χ0n) is 8.84.